The minimum absolute atomic E-state index is 0. The Labute approximate surface area is 82.5 Å². The average Bonchev–Trinajstić information content (AvgIpc) is 1.88. The molecular formula is C6H15ClN2O2S. The molecule has 0 heterocycles. The van der Waals surface area contributed by atoms with Crippen LogP contribution in [0.25, 0.3) is 0 Å². The predicted octanol–water partition coefficient (Wildman–Crippen LogP) is -0.0979. The third-order valence-electron chi connectivity index (χ3n) is 1.15. The van der Waals surface area contributed by atoms with Gasteiger partial charge in [-0.15, -0.1) is 12.4 Å². The molecule has 0 spiro atoms. The van der Waals surface area contributed by atoms with E-state index in [0.29, 0.717) is 12.3 Å². The highest BCUT2D eigenvalue weighted by atomic mass is 35.5. The quantitative estimate of drug-likeness (QED) is 0.557. The second-order valence-corrected chi connectivity index (χ2v) is 3.67. The van der Waals surface area contributed by atoms with Crippen molar-refractivity contribution in [1.82, 2.24) is 0 Å². The van der Waals surface area contributed by atoms with Crippen molar-refractivity contribution in [2.75, 3.05) is 18.1 Å². The number of hydrogen-bond acceptors (Lipinski definition) is 4. The van der Waals surface area contributed by atoms with Crippen molar-refractivity contribution in [2.24, 2.45) is 11.5 Å². The average molecular weight is 215 g/mol. The van der Waals surface area contributed by atoms with Crippen LogP contribution in [0.4, 0.5) is 0 Å². The zero-order chi connectivity index (χ0) is 8.91. The Morgan fingerprint density at radius 1 is 1.67 bits per heavy atom. The Morgan fingerprint density at radius 3 is 2.50 bits per heavy atom. The summed E-state index contributed by atoms with van der Waals surface area (Å²) in [4.78, 5) is 10.4. The van der Waals surface area contributed by atoms with Crippen LogP contribution in [-0.4, -0.2) is 34.7 Å². The zero-order valence-electron chi connectivity index (χ0n) is 6.95. The van der Waals surface area contributed by atoms with Crippen LogP contribution >= 0.6 is 24.2 Å². The molecule has 0 aromatic rings. The minimum atomic E-state index is -1.13. The van der Waals surface area contributed by atoms with Crippen molar-refractivity contribution in [3.63, 3.8) is 0 Å². The lowest BCUT2D eigenvalue weighted by molar-refractivity contribution is -0.141. The van der Waals surface area contributed by atoms with Gasteiger partial charge in [0.1, 0.15) is 5.54 Å². The maximum absolute atomic E-state index is 10.4. The highest BCUT2D eigenvalue weighted by Gasteiger charge is 2.27. The van der Waals surface area contributed by atoms with E-state index in [1.165, 1.54) is 18.7 Å². The molecule has 1 atom stereocenters. The van der Waals surface area contributed by atoms with Gasteiger partial charge in [-0.1, -0.05) is 0 Å². The van der Waals surface area contributed by atoms with Crippen LogP contribution in [0, 0.1) is 0 Å². The molecule has 74 valence electrons. The number of nitrogens with two attached hydrogens (primary N) is 2. The molecule has 12 heavy (non-hydrogen) atoms. The van der Waals surface area contributed by atoms with E-state index in [0.717, 1.165) is 5.75 Å². The van der Waals surface area contributed by atoms with E-state index >= 15 is 0 Å². The molecule has 5 N–H and O–H groups in total. The second kappa shape index (κ2) is 6.54. The minimum Gasteiger partial charge on any atom is -0.480 e. The molecule has 0 saturated heterocycles. The molecule has 6 heteroatoms. The van der Waals surface area contributed by atoms with E-state index in [1.807, 2.05) is 0 Å². The SMILES string of the molecule is C[C@](N)(CSCCN)C(=O)O.Cl. The molecule has 0 saturated carbocycles. The molecular weight excluding hydrogens is 200 g/mol. The van der Waals surface area contributed by atoms with Crippen LogP contribution in [0.3, 0.4) is 0 Å². The summed E-state index contributed by atoms with van der Waals surface area (Å²) in [6, 6.07) is 0. The molecule has 0 aromatic heterocycles. The first-order valence-electron chi connectivity index (χ1n) is 3.31. The van der Waals surface area contributed by atoms with Crippen molar-refractivity contribution in [1.29, 1.82) is 0 Å². The van der Waals surface area contributed by atoms with E-state index in [9.17, 15) is 4.79 Å². The Kier molecular flexibility index (Phi) is 7.92. The predicted molar refractivity (Wildman–Crippen MR) is 53.9 cm³/mol. The largest absolute Gasteiger partial charge is 0.480 e. The molecule has 0 rings (SSSR count). The van der Waals surface area contributed by atoms with Gasteiger partial charge in [0, 0.05) is 18.1 Å². The fourth-order valence-electron chi connectivity index (χ4n) is 0.429. The number of carboxylic acids is 1. The summed E-state index contributed by atoms with van der Waals surface area (Å²) >= 11 is 1.46. The van der Waals surface area contributed by atoms with Gasteiger partial charge in [0.05, 0.1) is 0 Å². The Hall–Kier alpha value is 0.0300. The summed E-state index contributed by atoms with van der Waals surface area (Å²) in [6.07, 6.45) is 0. The van der Waals surface area contributed by atoms with E-state index in [2.05, 4.69) is 0 Å². The van der Waals surface area contributed by atoms with Crippen LogP contribution in [-0.2, 0) is 4.79 Å². The summed E-state index contributed by atoms with van der Waals surface area (Å²) in [7, 11) is 0. The number of rotatable bonds is 5. The van der Waals surface area contributed by atoms with Gasteiger partial charge in [0.15, 0.2) is 0 Å². The van der Waals surface area contributed by atoms with Gasteiger partial charge < -0.3 is 16.6 Å². The summed E-state index contributed by atoms with van der Waals surface area (Å²) in [5.74, 6) is 0.182. The summed E-state index contributed by atoms with van der Waals surface area (Å²) in [5, 5.41) is 8.57. The summed E-state index contributed by atoms with van der Waals surface area (Å²) in [5.41, 5.74) is 9.54. The molecule has 0 radical (unpaired) electrons. The van der Waals surface area contributed by atoms with Crippen molar-refractivity contribution >= 4 is 30.1 Å². The molecule has 0 unspecified atom stereocenters. The first-order valence-corrected chi connectivity index (χ1v) is 4.46. The van der Waals surface area contributed by atoms with Crippen LogP contribution < -0.4 is 11.5 Å². The van der Waals surface area contributed by atoms with Crippen LogP contribution in [0.15, 0.2) is 0 Å². The van der Waals surface area contributed by atoms with E-state index in [1.54, 1.807) is 0 Å². The Morgan fingerprint density at radius 2 is 2.17 bits per heavy atom. The monoisotopic (exact) mass is 214 g/mol. The maximum atomic E-state index is 10.4. The van der Waals surface area contributed by atoms with Gasteiger partial charge in [0.25, 0.3) is 0 Å². The summed E-state index contributed by atoms with van der Waals surface area (Å²) < 4.78 is 0. The topological polar surface area (TPSA) is 89.3 Å². The number of hydrogen-bond donors (Lipinski definition) is 3. The number of halogens is 1. The second-order valence-electron chi connectivity index (χ2n) is 2.56. The molecule has 0 aliphatic heterocycles. The third-order valence-corrected chi connectivity index (χ3v) is 2.48. The fourth-order valence-corrected chi connectivity index (χ4v) is 1.29. The van der Waals surface area contributed by atoms with Crippen LogP contribution in [0.1, 0.15) is 6.92 Å². The molecule has 0 aliphatic carbocycles. The van der Waals surface area contributed by atoms with E-state index < -0.39 is 11.5 Å². The highest BCUT2D eigenvalue weighted by Crippen LogP contribution is 2.09. The Balaban J connectivity index is 0. The van der Waals surface area contributed by atoms with E-state index in [-0.39, 0.29) is 12.4 Å². The van der Waals surface area contributed by atoms with Gasteiger partial charge in [-0.2, -0.15) is 11.8 Å². The first-order chi connectivity index (χ1) is 5.00. The highest BCUT2D eigenvalue weighted by molar-refractivity contribution is 7.99. The third kappa shape index (κ3) is 5.65. The van der Waals surface area contributed by atoms with Gasteiger partial charge >= 0.3 is 5.97 Å². The number of carboxylic acid groups (broad SMARTS) is 1. The van der Waals surface area contributed by atoms with Crippen molar-refractivity contribution in [3.8, 4) is 0 Å². The van der Waals surface area contributed by atoms with Crippen molar-refractivity contribution in [2.45, 2.75) is 12.5 Å². The lowest BCUT2D eigenvalue weighted by atomic mass is 10.1. The van der Waals surface area contributed by atoms with Crippen LogP contribution in [0.2, 0.25) is 0 Å². The standard InChI is InChI=1S/C6H14N2O2S.ClH/c1-6(8,5(9)10)4-11-3-2-7;/h2-4,7-8H2,1H3,(H,9,10);1H/t6-;/m0./s1. The van der Waals surface area contributed by atoms with Gasteiger partial charge in [-0.05, 0) is 6.92 Å². The van der Waals surface area contributed by atoms with Crippen molar-refractivity contribution < 1.29 is 9.90 Å². The zero-order valence-corrected chi connectivity index (χ0v) is 8.58. The first kappa shape index (κ1) is 14.5. The van der Waals surface area contributed by atoms with Gasteiger partial charge in [-0.25, -0.2) is 0 Å². The molecule has 4 nitrogen and oxygen atoms in total. The van der Waals surface area contributed by atoms with Gasteiger partial charge in [0.2, 0.25) is 0 Å². The summed E-state index contributed by atoms with van der Waals surface area (Å²) in [6.45, 7) is 2.05. The smallest absolute Gasteiger partial charge is 0.324 e. The number of aliphatic carboxylic acids is 1. The van der Waals surface area contributed by atoms with E-state index in [4.69, 9.17) is 16.6 Å². The maximum Gasteiger partial charge on any atom is 0.324 e. The molecule has 0 aliphatic rings. The normalized spacial score (nSPS) is 14.6. The number of carbonyl (C=O) groups is 1. The van der Waals surface area contributed by atoms with Crippen molar-refractivity contribution in [3.05, 3.63) is 0 Å². The molecule has 0 aromatic carbocycles. The number of thioether (sulfide) groups is 1. The molecule has 0 fully saturated rings. The van der Waals surface area contributed by atoms with Gasteiger partial charge in [-0.3, -0.25) is 4.79 Å². The molecule has 0 amide bonds. The Bertz CT molecular complexity index is 144. The fraction of sp³-hybridized carbons (Fsp3) is 0.833. The van der Waals surface area contributed by atoms with Crippen LogP contribution in [0.5, 0.6) is 0 Å². The lowest BCUT2D eigenvalue weighted by Gasteiger charge is -2.17. The lowest BCUT2D eigenvalue weighted by Crippen LogP contribution is -2.47. The molecule has 0 bridgehead atoms.